The highest BCUT2D eigenvalue weighted by molar-refractivity contribution is 5.74. The molecule has 1 N–H and O–H groups in total. The number of carboxylic acids is 1. The van der Waals surface area contributed by atoms with Crippen molar-refractivity contribution in [1.29, 1.82) is 0 Å². The summed E-state index contributed by atoms with van der Waals surface area (Å²) in [4.78, 5) is 25.7. The average molecular weight is 278 g/mol. The fourth-order valence-electron chi connectivity index (χ4n) is 2.01. The summed E-state index contributed by atoms with van der Waals surface area (Å²) < 4.78 is 0. The molecule has 0 aliphatic heterocycles. The molecule has 1 rings (SSSR count). The van der Waals surface area contributed by atoms with Gasteiger partial charge in [-0.25, -0.2) is 4.79 Å². The van der Waals surface area contributed by atoms with Crippen molar-refractivity contribution in [3.63, 3.8) is 0 Å². The van der Waals surface area contributed by atoms with E-state index < -0.39 is 5.97 Å². The van der Waals surface area contributed by atoms with Crippen LogP contribution in [0.3, 0.4) is 0 Å². The van der Waals surface area contributed by atoms with Crippen molar-refractivity contribution in [2.24, 2.45) is 0 Å². The second-order valence-corrected chi connectivity index (χ2v) is 5.05. The lowest BCUT2D eigenvalue weighted by Gasteiger charge is -2.25. The first-order valence-electron chi connectivity index (χ1n) is 6.63. The first-order chi connectivity index (χ1) is 9.40. The van der Waals surface area contributed by atoms with Crippen molar-refractivity contribution in [3.8, 4) is 0 Å². The number of amides is 2. The van der Waals surface area contributed by atoms with E-state index in [2.05, 4.69) is 0 Å². The molecule has 1 aromatic carbocycles. The van der Waals surface area contributed by atoms with Crippen molar-refractivity contribution in [2.45, 2.75) is 26.3 Å². The molecule has 5 nitrogen and oxygen atoms in total. The van der Waals surface area contributed by atoms with Gasteiger partial charge in [0, 0.05) is 33.6 Å². The van der Waals surface area contributed by atoms with E-state index in [1.54, 1.807) is 23.9 Å². The standard InChI is InChI=1S/C15H22N2O3/c1-12-6-4-7-13(10-12)11-17(3)15(20)16(2)9-5-8-14(18)19/h4,6-7,10H,5,8-9,11H2,1-3H3,(H,18,19). The number of hydrogen-bond donors (Lipinski definition) is 1. The Morgan fingerprint density at radius 2 is 1.90 bits per heavy atom. The van der Waals surface area contributed by atoms with Crippen LogP contribution in [-0.2, 0) is 11.3 Å². The van der Waals surface area contributed by atoms with Crippen LogP contribution < -0.4 is 0 Å². The molecule has 2 amide bonds. The Balaban J connectivity index is 2.47. The molecule has 110 valence electrons. The summed E-state index contributed by atoms with van der Waals surface area (Å²) in [5, 5.41) is 8.58. The fraction of sp³-hybridized carbons (Fsp3) is 0.467. The fourth-order valence-corrected chi connectivity index (χ4v) is 2.01. The molecule has 0 aliphatic carbocycles. The number of urea groups is 1. The Bertz CT molecular complexity index is 474. The van der Waals surface area contributed by atoms with Gasteiger partial charge in [-0.2, -0.15) is 0 Å². The van der Waals surface area contributed by atoms with E-state index in [-0.39, 0.29) is 12.5 Å². The molecule has 5 heteroatoms. The molecule has 0 atom stereocenters. The average Bonchev–Trinajstić information content (AvgIpc) is 2.37. The zero-order valence-corrected chi connectivity index (χ0v) is 12.3. The highest BCUT2D eigenvalue weighted by Gasteiger charge is 2.14. The van der Waals surface area contributed by atoms with Gasteiger partial charge >= 0.3 is 12.0 Å². The highest BCUT2D eigenvalue weighted by atomic mass is 16.4. The van der Waals surface area contributed by atoms with Gasteiger partial charge in [0.05, 0.1) is 0 Å². The molecule has 0 saturated carbocycles. The van der Waals surface area contributed by atoms with Gasteiger partial charge in [-0.1, -0.05) is 29.8 Å². The van der Waals surface area contributed by atoms with E-state index in [0.717, 1.165) is 11.1 Å². The first kappa shape index (κ1) is 16.0. The molecule has 0 unspecified atom stereocenters. The Hall–Kier alpha value is -2.04. The molecule has 0 bridgehead atoms. The van der Waals surface area contributed by atoms with E-state index >= 15 is 0 Å². The van der Waals surface area contributed by atoms with Crippen LogP contribution in [-0.4, -0.2) is 47.5 Å². The maximum atomic E-state index is 12.1. The zero-order chi connectivity index (χ0) is 15.1. The largest absolute Gasteiger partial charge is 0.481 e. The summed E-state index contributed by atoms with van der Waals surface area (Å²) in [5.41, 5.74) is 2.25. The van der Waals surface area contributed by atoms with Gasteiger partial charge in [0.15, 0.2) is 0 Å². The number of rotatable bonds is 6. The third-order valence-corrected chi connectivity index (χ3v) is 3.04. The van der Waals surface area contributed by atoms with Gasteiger partial charge in [-0.15, -0.1) is 0 Å². The van der Waals surface area contributed by atoms with Crippen LogP contribution in [0, 0.1) is 6.92 Å². The smallest absolute Gasteiger partial charge is 0.319 e. The van der Waals surface area contributed by atoms with Gasteiger partial charge < -0.3 is 14.9 Å². The number of hydrogen-bond acceptors (Lipinski definition) is 2. The predicted molar refractivity (Wildman–Crippen MR) is 77.5 cm³/mol. The Labute approximate surface area is 119 Å². The maximum Gasteiger partial charge on any atom is 0.319 e. The minimum atomic E-state index is -0.834. The Morgan fingerprint density at radius 3 is 2.50 bits per heavy atom. The van der Waals surface area contributed by atoms with Crippen LogP contribution in [0.1, 0.15) is 24.0 Å². The van der Waals surface area contributed by atoms with Crippen LogP contribution >= 0.6 is 0 Å². The summed E-state index contributed by atoms with van der Waals surface area (Å²) >= 11 is 0. The normalized spacial score (nSPS) is 10.2. The SMILES string of the molecule is Cc1cccc(CN(C)C(=O)N(C)CCCC(=O)O)c1. The number of aliphatic carboxylic acids is 1. The number of carboxylic acid groups (broad SMARTS) is 1. The van der Waals surface area contributed by atoms with E-state index in [0.29, 0.717) is 19.5 Å². The van der Waals surface area contributed by atoms with Crippen LogP contribution in [0.2, 0.25) is 0 Å². The van der Waals surface area contributed by atoms with Crippen molar-refractivity contribution < 1.29 is 14.7 Å². The minimum Gasteiger partial charge on any atom is -0.481 e. The third kappa shape index (κ3) is 5.30. The summed E-state index contributed by atoms with van der Waals surface area (Å²) in [7, 11) is 3.44. The number of carbonyl (C=O) groups excluding carboxylic acids is 1. The topological polar surface area (TPSA) is 60.9 Å². The van der Waals surface area contributed by atoms with Gasteiger partial charge in [-0.3, -0.25) is 4.79 Å². The van der Waals surface area contributed by atoms with Crippen molar-refractivity contribution in [1.82, 2.24) is 9.80 Å². The van der Waals surface area contributed by atoms with Crippen LogP contribution in [0.4, 0.5) is 4.79 Å². The number of benzene rings is 1. The molecule has 0 spiro atoms. The molecule has 0 aromatic heterocycles. The van der Waals surface area contributed by atoms with Crippen LogP contribution in [0.25, 0.3) is 0 Å². The lowest BCUT2D eigenvalue weighted by Crippen LogP contribution is -2.38. The number of carbonyl (C=O) groups is 2. The van der Waals surface area contributed by atoms with E-state index in [4.69, 9.17) is 5.11 Å². The number of aryl methyl sites for hydroxylation is 1. The maximum absolute atomic E-state index is 12.1. The molecule has 20 heavy (non-hydrogen) atoms. The second kappa shape index (κ2) is 7.53. The summed E-state index contributed by atoms with van der Waals surface area (Å²) in [6.45, 7) is 3.01. The molecular formula is C15H22N2O3. The monoisotopic (exact) mass is 278 g/mol. The van der Waals surface area contributed by atoms with Gasteiger partial charge in [-0.05, 0) is 18.9 Å². The lowest BCUT2D eigenvalue weighted by atomic mass is 10.1. The van der Waals surface area contributed by atoms with Crippen molar-refractivity contribution in [2.75, 3.05) is 20.6 Å². The van der Waals surface area contributed by atoms with Crippen LogP contribution in [0.15, 0.2) is 24.3 Å². The first-order valence-corrected chi connectivity index (χ1v) is 6.63. The van der Waals surface area contributed by atoms with Crippen LogP contribution in [0.5, 0.6) is 0 Å². The van der Waals surface area contributed by atoms with Crippen molar-refractivity contribution >= 4 is 12.0 Å². The molecule has 0 heterocycles. The zero-order valence-electron chi connectivity index (χ0n) is 12.3. The quantitative estimate of drug-likeness (QED) is 0.869. The van der Waals surface area contributed by atoms with Crippen molar-refractivity contribution in [3.05, 3.63) is 35.4 Å². The summed E-state index contributed by atoms with van der Waals surface area (Å²) in [5.74, 6) is -0.834. The third-order valence-electron chi connectivity index (χ3n) is 3.04. The highest BCUT2D eigenvalue weighted by Crippen LogP contribution is 2.08. The molecule has 0 fully saturated rings. The lowest BCUT2D eigenvalue weighted by molar-refractivity contribution is -0.137. The molecule has 0 radical (unpaired) electrons. The molecule has 0 aliphatic rings. The molecule has 1 aromatic rings. The van der Waals surface area contributed by atoms with E-state index in [9.17, 15) is 9.59 Å². The summed E-state index contributed by atoms with van der Waals surface area (Å²) in [6.07, 6.45) is 0.551. The van der Waals surface area contributed by atoms with Gasteiger partial charge in [0.2, 0.25) is 0 Å². The Morgan fingerprint density at radius 1 is 1.20 bits per heavy atom. The molecule has 0 saturated heterocycles. The van der Waals surface area contributed by atoms with E-state index in [1.165, 1.54) is 0 Å². The molecular weight excluding hydrogens is 256 g/mol. The second-order valence-electron chi connectivity index (χ2n) is 5.05. The van der Waals surface area contributed by atoms with Gasteiger partial charge in [0.25, 0.3) is 0 Å². The Kier molecular flexibility index (Phi) is 6.03. The summed E-state index contributed by atoms with van der Waals surface area (Å²) in [6, 6.07) is 7.93. The van der Waals surface area contributed by atoms with Gasteiger partial charge in [0.1, 0.15) is 0 Å². The van der Waals surface area contributed by atoms with E-state index in [1.807, 2.05) is 31.2 Å². The number of nitrogens with zero attached hydrogens (tertiary/aromatic N) is 2. The minimum absolute atomic E-state index is 0.0826. The predicted octanol–water partition coefficient (Wildman–Crippen LogP) is 2.34.